The third kappa shape index (κ3) is 7.19. The SMILES string of the molecule is Cc1c(C#Cc2ccc(CNCCO)c(OCCN3CCCCC3)c2)cccc1-c1ccccc1. The topological polar surface area (TPSA) is 44.7 Å². The predicted molar refractivity (Wildman–Crippen MR) is 144 cm³/mol. The van der Waals surface area contributed by atoms with E-state index >= 15 is 0 Å². The number of likely N-dealkylation sites (tertiary alicyclic amines) is 1. The van der Waals surface area contributed by atoms with E-state index in [1.165, 1.54) is 49.0 Å². The number of aliphatic hydroxyl groups excluding tert-OH is 1. The maximum atomic E-state index is 9.12. The molecule has 4 rings (SSSR count). The summed E-state index contributed by atoms with van der Waals surface area (Å²) in [6.45, 7) is 7.43. The molecule has 182 valence electrons. The summed E-state index contributed by atoms with van der Waals surface area (Å²) >= 11 is 0. The van der Waals surface area contributed by atoms with Gasteiger partial charge in [0.2, 0.25) is 0 Å². The van der Waals surface area contributed by atoms with Crippen LogP contribution in [0.15, 0.2) is 66.7 Å². The van der Waals surface area contributed by atoms with Gasteiger partial charge in [-0.2, -0.15) is 0 Å². The normalized spacial score (nSPS) is 13.8. The van der Waals surface area contributed by atoms with Crippen molar-refractivity contribution < 1.29 is 9.84 Å². The van der Waals surface area contributed by atoms with Gasteiger partial charge in [-0.15, -0.1) is 0 Å². The largest absolute Gasteiger partial charge is 0.492 e. The van der Waals surface area contributed by atoms with Crippen LogP contribution in [0.2, 0.25) is 0 Å². The zero-order chi connectivity index (χ0) is 24.3. The number of ether oxygens (including phenoxy) is 1. The second-order valence-electron chi connectivity index (χ2n) is 9.07. The van der Waals surface area contributed by atoms with Crippen molar-refractivity contribution in [2.75, 3.05) is 39.4 Å². The summed E-state index contributed by atoms with van der Waals surface area (Å²) in [6, 6.07) is 22.9. The molecule has 0 atom stereocenters. The lowest BCUT2D eigenvalue weighted by atomic mass is 9.96. The molecule has 1 saturated heterocycles. The molecule has 0 radical (unpaired) electrons. The van der Waals surface area contributed by atoms with Crippen LogP contribution in [0.4, 0.5) is 0 Å². The Morgan fingerprint density at radius 1 is 0.943 bits per heavy atom. The molecule has 0 aliphatic carbocycles. The van der Waals surface area contributed by atoms with Crippen LogP contribution in [0.1, 0.15) is 41.5 Å². The van der Waals surface area contributed by atoms with E-state index in [0.717, 1.165) is 29.0 Å². The fourth-order valence-electron chi connectivity index (χ4n) is 4.52. The lowest BCUT2D eigenvalue weighted by molar-refractivity contribution is 0.182. The van der Waals surface area contributed by atoms with Crippen LogP contribution in [0.3, 0.4) is 0 Å². The predicted octanol–water partition coefficient (Wildman–Crippen LogP) is 5.01. The van der Waals surface area contributed by atoms with Crippen LogP contribution in [0, 0.1) is 18.8 Å². The quantitative estimate of drug-likeness (QED) is 0.342. The number of hydrogen-bond acceptors (Lipinski definition) is 4. The summed E-state index contributed by atoms with van der Waals surface area (Å²) in [7, 11) is 0. The third-order valence-corrected chi connectivity index (χ3v) is 6.55. The minimum Gasteiger partial charge on any atom is -0.492 e. The number of piperidine rings is 1. The van der Waals surface area contributed by atoms with Gasteiger partial charge in [0.05, 0.1) is 6.61 Å². The highest BCUT2D eigenvalue weighted by Crippen LogP contribution is 2.25. The molecule has 0 aromatic heterocycles. The van der Waals surface area contributed by atoms with Gasteiger partial charge in [0.1, 0.15) is 12.4 Å². The molecule has 1 aliphatic rings. The van der Waals surface area contributed by atoms with Crippen LogP contribution >= 0.6 is 0 Å². The fourth-order valence-corrected chi connectivity index (χ4v) is 4.52. The zero-order valence-electron chi connectivity index (χ0n) is 20.7. The summed E-state index contributed by atoms with van der Waals surface area (Å²) in [4.78, 5) is 2.49. The van der Waals surface area contributed by atoms with Gasteiger partial charge < -0.3 is 15.2 Å². The Morgan fingerprint density at radius 2 is 1.77 bits per heavy atom. The number of nitrogens with zero attached hydrogens (tertiary/aromatic N) is 1. The van der Waals surface area contributed by atoms with Gasteiger partial charge in [0, 0.05) is 36.3 Å². The summed E-state index contributed by atoms with van der Waals surface area (Å²) < 4.78 is 6.25. The zero-order valence-corrected chi connectivity index (χ0v) is 20.7. The molecule has 4 nitrogen and oxygen atoms in total. The summed E-state index contributed by atoms with van der Waals surface area (Å²) in [5.41, 5.74) is 6.67. The van der Waals surface area contributed by atoms with Gasteiger partial charge in [-0.1, -0.05) is 66.8 Å². The first-order valence-corrected chi connectivity index (χ1v) is 12.7. The Kier molecular flexibility index (Phi) is 9.37. The second kappa shape index (κ2) is 13.1. The smallest absolute Gasteiger partial charge is 0.125 e. The minimum atomic E-state index is 0.121. The van der Waals surface area contributed by atoms with Crippen molar-refractivity contribution in [3.63, 3.8) is 0 Å². The monoisotopic (exact) mass is 468 g/mol. The molecule has 2 N–H and O–H groups in total. The molecule has 1 fully saturated rings. The number of benzene rings is 3. The Hall–Kier alpha value is -3.10. The molecule has 0 spiro atoms. The maximum absolute atomic E-state index is 9.12. The highest BCUT2D eigenvalue weighted by molar-refractivity contribution is 5.70. The van der Waals surface area contributed by atoms with Crippen molar-refractivity contribution in [3.8, 4) is 28.7 Å². The first-order valence-electron chi connectivity index (χ1n) is 12.7. The van der Waals surface area contributed by atoms with Crippen LogP contribution in [0.25, 0.3) is 11.1 Å². The molecule has 0 unspecified atom stereocenters. The van der Waals surface area contributed by atoms with Crippen LogP contribution < -0.4 is 10.1 Å². The molecule has 4 heteroatoms. The maximum Gasteiger partial charge on any atom is 0.125 e. The van der Waals surface area contributed by atoms with Crippen LogP contribution in [0.5, 0.6) is 5.75 Å². The van der Waals surface area contributed by atoms with E-state index in [0.29, 0.717) is 19.7 Å². The van der Waals surface area contributed by atoms with Gasteiger partial charge in [-0.05, 0) is 67.7 Å². The standard InChI is InChI=1S/C31H36N2O2/c1-25-27(11-8-12-30(25)28-9-4-2-5-10-28)15-13-26-14-16-29(24-32-17-21-34)31(23-26)35-22-20-33-18-6-3-7-19-33/h2,4-5,8-12,14,16,23,32,34H,3,6-7,17-22,24H2,1H3. The van der Waals surface area contributed by atoms with E-state index in [1.807, 2.05) is 6.07 Å². The van der Waals surface area contributed by atoms with Gasteiger partial charge in [0.15, 0.2) is 0 Å². The molecule has 0 amide bonds. The van der Waals surface area contributed by atoms with E-state index in [4.69, 9.17) is 9.84 Å². The van der Waals surface area contributed by atoms with Gasteiger partial charge in [0.25, 0.3) is 0 Å². The Labute approximate surface area is 210 Å². The number of nitrogens with one attached hydrogen (secondary N) is 1. The second-order valence-corrected chi connectivity index (χ2v) is 9.07. The van der Waals surface area contributed by atoms with Crippen LogP contribution in [-0.2, 0) is 6.54 Å². The highest BCUT2D eigenvalue weighted by atomic mass is 16.5. The summed E-state index contributed by atoms with van der Waals surface area (Å²) in [5, 5.41) is 12.4. The Balaban J connectivity index is 1.51. The van der Waals surface area contributed by atoms with E-state index < -0.39 is 0 Å². The molecule has 0 saturated carbocycles. The van der Waals surface area contributed by atoms with Crippen molar-refractivity contribution >= 4 is 0 Å². The average molecular weight is 469 g/mol. The van der Waals surface area contributed by atoms with Crippen molar-refractivity contribution in [1.82, 2.24) is 10.2 Å². The highest BCUT2D eigenvalue weighted by Gasteiger charge is 2.11. The van der Waals surface area contributed by atoms with E-state index in [-0.39, 0.29) is 6.61 Å². The lowest BCUT2D eigenvalue weighted by Gasteiger charge is -2.26. The molecule has 1 heterocycles. The van der Waals surface area contributed by atoms with Crippen molar-refractivity contribution in [1.29, 1.82) is 0 Å². The molecule has 0 bridgehead atoms. The third-order valence-electron chi connectivity index (χ3n) is 6.55. The van der Waals surface area contributed by atoms with Gasteiger partial charge >= 0.3 is 0 Å². The number of hydrogen-bond donors (Lipinski definition) is 2. The van der Waals surface area contributed by atoms with Gasteiger partial charge in [-0.25, -0.2) is 0 Å². The lowest BCUT2D eigenvalue weighted by Crippen LogP contribution is -2.33. The molecular weight excluding hydrogens is 432 g/mol. The Morgan fingerprint density at radius 3 is 2.57 bits per heavy atom. The summed E-state index contributed by atoms with van der Waals surface area (Å²) in [6.07, 6.45) is 3.91. The molecular formula is C31H36N2O2. The minimum absolute atomic E-state index is 0.121. The number of rotatable bonds is 9. The summed E-state index contributed by atoms with van der Waals surface area (Å²) in [5.74, 6) is 7.61. The van der Waals surface area contributed by atoms with E-state index in [9.17, 15) is 0 Å². The van der Waals surface area contributed by atoms with E-state index in [1.54, 1.807) is 0 Å². The molecule has 3 aromatic carbocycles. The average Bonchev–Trinajstić information content (AvgIpc) is 2.90. The van der Waals surface area contributed by atoms with Crippen molar-refractivity contribution in [2.45, 2.75) is 32.7 Å². The first-order chi connectivity index (χ1) is 17.2. The van der Waals surface area contributed by atoms with Crippen molar-refractivity contribution in [3.05, 3.63) is 89.0 Å². The first kappa shape index (κ1) is 25.0. The molecule has 1 aliphatic heterocycles. The fraction of sp³-hybridized carbons (Fsp3) is 0.355. The van der Waals surface area contributed by atoms with Crippen LogP contribution in [-0.4, -0.2) is 49.4 Å². The number of aliphatic hydroxyl groups is 1. The Bertz CT molecular complexity index is 1140. The van der Waals surface area contributed by atoms with Gasteiger partial charge in [-0.3, -0.25) is 4.90 Å². The van der Waals surface area contributed by atoms with Crippen molar-refractivity contribution in [2.24, 2.45) is 0 Å². The van der Waals surface area contributed by atoms with E-state index in [2.05, 4.69) is 89.6 Å². The molecule has 35 heavy (non-hydrogen) atoms. The molecule has 3 aromatic rings.